The van der Waals surface area contributed by atoms with E-state index in [9.17, 15) is 9.90 Å². The molecular weight excluding hydrogens is 344 g/mol. The van der Waals surface area contributed by atoms with Crippen LogP contribution >= 0.6 is 0 Å². The Morgan fingerprint density at radius 2 is 1.65 bits per heavy atom. The zero-order valence-corrected chi connectivity index (χ0v) is 18.6. The highest BCUT2D eigenvalue weighted by molar-refractivity contribution is 6.74. The number of benzene rings is 1. The smallest absolute Gasteiger partial charge is 0.192 e. The number of hydrogen-bond acceptors (Lipinski definition) is 4. The summed E-state index contributed by atoms with van der Waals surface area (Å²) in [6.45, 7) is 14.8. The molecule has 0 unspecified atom stereocenters. The number of hydrogen-bond donors (Lipinski definition) is 1. The normalized spacial score (nSPS) is 15.0. The van der Waals surface area contributed by atoms with Crippen molar-refractivity contribution in [3.63, 3.8) is 0 Å². The summed E-state index contributed by atoms with van der Waals surface area (Å²) in [6.07, 6.45) is -0.450. The highest BCUT2D eigenvalue weighted by Gasteiger charge is 2.40. The number of carbonyl (C=O) groups is 1. The fourth-order valence-electron chi connectivity index (χ4n) is 2.34. The maximum Gasteiger partial charge on any atom is 0.192 e. The lowest BCUT2D eigenvalue weighted by Crippen LogP contribution is -2.42. The fourth-order valence-corrected chi connectivity index (χ4v) is 3.62. The first-order valence-corrected chi connectivity index (χ1v) is 12.3. The minimum Gasteiger partial charge on any atom is -0.497 e. The molecule has 0 aliphatic heterocycles. The topological polar surface area (TPSA) is 55.8 Å². The van der Waals surface area contributed by atoms with Gasteiger partial charge in [0.25, 0.3) is 0 Å². The van der Waals surface area contributed by atoms with Gasteiger partial charge < -0.3 is 14.3 Å². The highest BCUT2D eigenvalue weighted by atomic mass is 28.4. The molecule has 1 aromatic carbocycles. The zero-order chi connectivity index (χ0) is 20.1. The van der Waals surface area contributed by atoms with E-state index in [4.69, 9.17) is 9.16 Å². The van der Waals surface area contributed by atoms with Crippen molar-refractivity contribution in [1.29, 1.82) is 0 Å². The third-order valence-electron chi connectivity index (χ3n) is 5.35. The minimum atomic E-state index is -2.05. The quantitative estimate of drug-likeness (QED) is 0.604. The van der Waals surface area contributed by atoms with Crippen molar-refractivity contribution in [2.45, 2.75) is 77.8 Å². The van der Waals surface area contributed by atoms with Gasteiger partial charge in [-0.05, 0) is 41.7 Å². The zero-order valence-electron chi connectivity index (χ0n) is 17.6. The molecular formula is C21H36O4Si. The second-order valence-corrected chi connectivity index (χ2v) is 13.7. The molecule has 148 valence electrons. The number of Topliss-reactive ketones (excluding diaryl/α,β-unsaturated/α-hetero) is 1. The van der Waals surface area contributed by atoms with E-state index in [1.54, 1.807) is 7.11 Å². The van der Waals surface area contributed by atoms with Crippen molar-refractivity contribution in [2.75, 3.05) is 7.11 Å². The lowest BCUT2D eigenvalue weighted by molar-refractivity contribution is -0.123. The van der Waals surface area contributed by atoms with Crippen LogP contribution in [0.2, 0.25) is 18.1 Å². The average molecular weight is 381 g/mol. The number of aliphatic hydroxyl groups excluding tert-OH is 1. The summed E-state index contributed by atoms with van der Waals surface area (Å²) in [5, 5.41) is 10.1. The van der Waals surface area contributed by atoms with Gasteiger partial charge in [0.1, 0.15) is 11.5 Å². The van der Waals surface area contributed by atoms with Gasteiger partial charge in [0.15, 0.2) is 8.32 Å². The lowest BCUT2D eigenvalue weighted by atomic mass is 9.97. The van der Waals surface area contributed by atoms with Gasteiger partial charge in [-0.3, -0.25) is 4.79 Å². The number of methoxy groups -OCH3 is 1. The van der Waals surface area contributed by atoms with E-state index >= 15 is 0 Å². The highest BCUT2D eigenvalue weighted by Crippen LogP contribution is 2.41. The van der Waals surface area contributed by atoms with Crippen LogP contribution in [0.4, 0.5) is 0 Å². The third kappa shape index (κ3) is 6.52. The van der Waals surface area contributed by atoms with E-state index in [0.29, 0.717) is 0 Å². The molecule has 0 saturated carbocycles. The van der Waals surface area contributed by atoms with Crippen molar-refractivity contribution >= 4 is 14.1 Å². The second-order valence-electron chi connectivity index (χ2n) is 8.90. The summed E-state index contributed by atoms with van der Waals surface area (Å²) in [5.41, 5.74) is 0.975. The van der Waals surface area contributed by atoms with Crippen molar-refractivity contribution in [3.05, 3.63) is 29.8 Å². The van der Waals surface area contributed by atoms with E-state index in [-0.39, 0.29) is 35.7 Å². The van der Waals surface area contributed by atoms with Crippen LogP contribution in [-0.2, 0) is 9.22 Å². The Morgan fingerprint density at radius 3 is 2.08 bits per heavy atom. The van der Waals surface area contributed by atoms with Crippen LogP contribution in [0.25, 0.3) is 0 Å². The van der Waals surface area contributed by atoms with Crippen LogP contribution in [0.15, 0.2) is 24.3 Å². The van der Waals surface area contributed by atoms with Crippen LogP contribution in [0.3, 0.4) is 0 Å². The summed E-state index contributed by atoms with van der Waals surface area (Å²) in [7, 11) is -0.413. The largest absolute Gasteiger partial charge is 0.497 e. The van der Waals surface area contributed by atoms with Crippen LogP contribution < -0.4 is 4.74 Å². The van der Waals surface area contributed by atoms with Gasteiger partial charge in [-0.1, -0.05) is 46.8 Å². The molecule has 4 nitrogen and oxygen atoms in total. The predicted octanol–water partition coefficient (Wildman–Crippen LogP) is 5.12. The molecule has 26 heavy (non-hydrogen) atoms. The Bertz CT molecular complexity index is 573. The van der Waals surface area contributed by atoms with E-state index in [2.05, 4.69) is 33.9 Å². The third-order valence-corrected chi connectivity index (χ3v) is 9.84. The summed E-state index contributed by atoms with van der Waals surface area (Å²) >= 11 is 0. The molecule has 1 aromatic rings. The van der Waals surface area contributed by atoms with Crippen LogP contribution in [0.5, 0.6) is 5.75 Å². The predicted molar refractivity (Wildman–Crippen MR) is 109 cm³/mol. The minimum absolute atomic E-state index is 0.0331. The van der Waals surface area contributed by atoms with Gasteiger partial charge in [0.2, 0.25) is 0 Å². The molecule has 0 spiro atoms. The van der Waals surface area contributed by atoms with Crippen molar-refractivity contribution < 1.29 is 19.1 Å². The van der Waals surface area contributed by atoms with E-state index in [0.717, 1.165) is 11.3 Å². The summed E-state index contributed by atoms with van der Waals surface area (Å²) < 4.78 is 11.8. The molecule has 0 fully saturated rings. The molecule has 0 bridgehead atoms. The van der Waals surface area contributed by atoms with Crippen molar-refractivity contribution in [2.24, 2.45) is 5.92 Å². The summed E-state index contributed by atoms with van der Waals surface area (Å²) in [6, 6.07) is 7.71. The lowest BCUT2D eigenvalue weighted by Gasteiger charge is -2.39. The molecule has 0 amide bonds. The number of ether oxygens (including phenoxy) is 1. The van der Waals surface area contributed by atoms with Gasteiger partial charge in [-0.2, -0.15) is 0 Å². The Kier molecular flexibility index (Phi) is 8.05. The second kappa shape index (κ2) is 9.15. The van der Waals surface area contributed by atoms with Gasteiger partial charge in [0, 0.05) is 12.8 Å². The SMILES string of the molecule is COc1ccc([C@H](CC(=O)C[C@@H](O)C(C)C)O[Si](C)(C)C(C)(C)C)cc1. The molecule has 0 radical (unpaired) electrons. The Balaban J connectivity index is 3.03. The number of ketones is 1. The first kappa shape index (κ1) is 22.9. The molecule has 1 rings (SSSR count). The van der Waals surface area contributed by atoms with E-state index in [1.165, 1.54) is 0 Å². The molecule has 0 heterocycles. The Labute approximate surface area is 160 Å². The van der Waals surface area contributed by atoms with Crippen molar-refractivity contribution in [3.8, 4) is 5.75 Å². The first-order chi connectivity index (χ1) is 11.9. The van der Waals surface area contributed by atoms with Crippen LogP contribution in [0.1, 0.15) is 59.1 Å². The maximum absolute atomic E-state index is 12.6. The molecule has 5 heteroatoms. The maximum atomic E-state index is 12.6. The first-order valence-electron chi connectivity index (χ1n) is 9.39. The average Bonchev–Trinajstić information content (AvgIpc) is 2.52. The molecule has 0 saturated heterocycles. The molecule has 0 aromatic heterocycles. The number of carbonyl (C=O) groups excluding carboxylic acids is 1. The fraction of sp³-hybridized carbons (Fsp3) is 0.667. The van der Waals surface area contributed by atoms with Gasteiger partial charge in [-0.25, -0.2) is 0 Å². The van der Waals surface area contributed by atoms with E-state index in [1.807, 2.05) is 38.1 Å². The number of aliphatic hydroxyl groups is 1. The Hall–Kier alpha value is -1.17. The standard InChI is InChI=1S/C21H36O4Si/c1-15(2)19(23)13-17(22)14-20(25-26(7,8)21(3,4)5)16-9-11-18(24-6)12-10-16/h9-12,15,19-20,23H,13-14H2,1-8H3/t19-,20+/m1/s1. The molecule has 0 aliphatic rings. The molecule has 1 N–H and O–H groups in total. The van der Waals surface area contributed by atoms with Gasteiger partial charge in [-0.15, -0.1) is 0 Å². The Morgan fingerprint density at radius 1 is 1.12 bits per heavy atom. The summed E-state index contributed by atoms with van der Waals surface area (Å²) in [5.74, 6) is 0.881. The number of rotatable bonds is 9. The monoisotopic (exact) mass is 380 g/mol. The molecule has 2 atom stereocenters. The van der Waals surface area contributed by atoms with E-state index < -0.39 is 14.4 Å². The van der Waals surface area contributed by atoms with Crippen LogP contribution in [0, 0.1) is 5.92 Å². The van der Waals surface area contributed by atoms with Crippen molar-refractivity contribution in [1.82, 2.24) is 0 Å². The van der Waals surface area contributed by atoms with Crippen LogP contribution in [-0.4, -0.2) is 32.4 Å². The van der Waals surface area contributed by atoms with Gasteiger partial charge >= 0.3 is 0 Å². The molecule has 0 aliphatic carbocycles. The van der Waals surface area contributed by atoms with Gasteiger partial charge in [0.05, 0.1) is 19.3 Å². The summed E-state index contributed by atoms with van der Waals surface area (Å²) in [4.78, 5) is 12.6.